The lowest BCUT2D eigenvalue weighted by molar-refractivity contribution is -0.149. The van der Waals surface area contributed by atoms with Gasteiger partial charge in [-0.15, -0.1) is 0 Å². The normalized spacial score (nSPS) is 11.0. The number of hydrogen-bond donors (Lipinski definition) is 1. The molecule has 20 heavy (non-hydrogen) atoms. The molecule has 0 aromatic rings. The minimum atomic E-state index is -0.0635. The van der Waals surface area contributed by atoms with Gasteiger partial charge in [-0.2, -0.15) is 0 Å². The van der Waals surface area contributed by atoms with Gasteiger partial charge in [0.15, 0.2) is 0 Å². The Kier molecular flexibility index (Phi) is 14.4. The van der Waals surface area contributed by atoms with E-state index in [1.165, 1.54) is 51.4 Å². The van der Waals surface area contributed by atoms with Crippen LogP contribution in [0.2, 0.25) is 0 Å². The standard InChI is InChI=1S/C17H35NO2/c1-3-5-7-9-12-16(13-10-8-6-4-2)20-17(19)14-11-15-18/h16H,3-15,18H2,1-2H3. The van der Waals surface area contributed by atoms with Gasteiger partial charge in [-0.05, 0) is 38.6 Å². The first-order chi connectivity index (χ1) is 9.74. The second-order valence-electron chi connectivity index (χ2n) is 5.70. The maximum atomic E-state index is 11.7. The van der Waals surface area contributed by atoms with E-state index in [2.05, 4.69) is 13.8 Å². The highest BCUT2D eigenvalue weighted by Crippen LogP contribution is 2.16. The van der Waals surface area contributed by atoms with E-state index in [0.717, 1.165) is 19.3 Å². The molecule has 0 unspecified atom stereocenters. The maximum Gasteiger partial charge on any atom is 0.306 e. The summed E-state index contributed by atoms with van der Waals surface area (Å²) in [5.74, 6) is -0.0635. The fourth-order valence-electron chi connectivity index (χ4n) is 2.35. The largest absolute Gasteiger partial charge is 0.462 e. The number of esters is 1. The number of ether oxygens (including phenoxy) is 1. The van der Waals surface area contributed by atoms with Crippen molar-refractivity contribution in [3.05, 3.63) is 0 Å². The summed E-state index contributed by atoms with van der Waals surface area (Å²) in [5.41, 5.74) is 5.43. The predicted molar refractivity (Wildman–Crippen MR) is 85.7 cm³/mol. The Bertz CT molecular complexity index is 207. The molecule has 0 aromatic carbocycles. The van der Waals surface area contributed by atoms with Crippen LogP contribution in [0.25, 0.3) is 0 Å². The van der Waals surface area contributed by atoms with Crippen LogP contribution in [0, 0.1) is 0 Å². The maximum absolute atomic E-state index is 11.7. The van der Waals surface area contributed by atoms with Gasteiger partial charge in [0.1, 0.15) is 6.10 Å². The molecule has 0 heterocycles. The molecule has 0 fully saturated rings. The van der Waals surface area contributed by atoms with Crippen LogP contribution in [0.4, 0.5) is 0 Å². The second kappa shape index (κ2) is 14.8. The first kappa shape index (κ1) is 19.4. The lowest BCUT2D eigenvalue weighted by Crippen LogP contribution is -2.19. The van der Waals surface area contributed by atoms with Gasteiger partial charge in [-0.1, -0.05) is 52.4 Å². The smallest absolute Gasteiger partial charge is 0.306 e. The molecule has 2 N–H and O–H groups in total. The molecule has 0 aliphatic rings. The molecule has 0 bridgehead atoms. The summed E-state index contributed by atoms with van der Waals surface area (Å²) in [6, 6.07) is 0. The lowest BCUT2D eigenvalue weighted by atomic mass is 10.0. The summed E-state index contributed by atoms with van der Waals surface area (Å²) in [5, 5.41) is 0. The fourth-order valence-corrected chi connectivity index (χ4v) is 2.35. The van der Waals surface area contributed by atoms with Crippen molar-refractivity contribution in [1.82, 2.24) is 0 Å². The third-order valence-electron chi connectivity index (χ3n) is 3.64. The molecule has 0 saturated carbocycles. The van der Waals surface area contributed by atoms with Gasteiger partial charge in [0, 0.05) is 6.42 Å². The average Bonchev–Trinajstić information content (AvgIpc) is 2.45. The lowest BCUT2D eigenvalue weighted by Gasteiger charge is -2.18. The minimum Gasteiger partial charge on any atom is -0.462 e. The molecule has 0 atom stereocenters. The minimum absolute atomic E-state index is 0.0635. The topological polar surface area (TPSA) is 52.3 Å². The van der Waals surface area contributed by atoms with Gasteiger partial charge in [-0.25, -0.2) is 0 Å². The summed E-state index contributed by atoms with van der Waals surface area (Å²) >= 11 is 0. The highest BCUT2D eigenvalue weighted by molar-refractivity contribution is 5.69. The third kappa shape index (κ3) is 12.5. The summed E-state index contributed by atoms with van der Waals surface area (Å²) in [7, 11) is 0. The first-order valence-corrected chi connectivity index (χ1v) is 8.64. The van der Waals surface area contributed by atoms with E-state index < -0.39 is 0 Å². The van der Waals surface area contributed by atoms with Gasteiger partial charge in [-0.3, -0.25) is 4.79 Å². The Labute approximate surface area is 125 Å². The van der Waals surface area contributed by atoms with Crippen molar-refractivity contribution in [2.24, 2.45) is 5.73 Å². The number of hydrogen-bond acceptors (Lipinski definition) is 3. The van der Waals surface area contributed by atoms with E-state index >= 15 is 0 Å². The van der Waals surface area contributed by atoms with Crippen molar-refractivity contribution in [1.29, 1.82) is 0 Å². The highest BCUT2D eigenvalue weighted by atomic mass is 16.5. The zero-order valence-corrected chi connectivity index (χ0v) is 13.7. The van der Waals surface area contributed by atoms with Gasteiger partial charge in [0.2, 0.25) is 0 Å². The Morgan fingerprint density at radius 3 is 1.90 bits per heavy atom. The summed E-state index contributed by atoms with van der Waals surface area (Å²) < 4.78 is 5.62. The molecule has 0 radical (unpaired) electrons. The van der Waals surface area contributed by atoms with Crippen LogP contribution >= 0.6 is 0 Å². The van der Waals surface area contributed by atoms with E-state index in [4.69, 9.17) is 10.5 Å². The zero-order valence-electron chi connectivity index (χ0n) is 13.7. The molecule has 0 aromatic heterocycles. The van der Waals surface area contributed by atoms with Crippen LogP contribution in [-0.2, 0) is 9.53 Å². The SMILES string of the molecule is CCCCCCC(CCCCCC)OC(=O)CCCN. The van der Waals surface area contributed by atoms with Crippen molar-refractivity contribution < 1.29 is 9.53 Å². The number of carbonyl (C=O) groups excluding carboxylic acids is 1. The molecule has 0 rings (SSSR count). The van der Waals surface area contributed by atoms with Gasteiger partial charge >= 0.3 is 5.97 Å². The summed E-state index contributed by atoms with van der Waals surface area (Å²) in [6.45, 7) is 5.00. The Balaban J connectivity index is 3.92. The Morgan fingerprint density at radius 1 is 0.900 bits per heavy atom. The monoisotopic (exact) mass is 285 g/mol. The molecular formula is C17H35NO2. The molecule has 0 amide bonds. The summed E-state index contributed by atoms with van der Waals surface area (Å²) in [6.07, 6.45) is 13.3. The molecule has 120 valence electrons. The van der Waals surface area contributed by atoms with Crippen LogP contribution in [0.3, 0.4) is 0 Å². The van der Waals surface area contributed by atoms with E-state index in [9.17, 15) is 4.79 Å². The molecular weight excluding hydrogens is 250 g/mol. The van der Waals surface area contributed by atoms with Gasteiger partial charge in [0.05, 0.1) is 0 Å². The van der Waals surface area contributed by atoms with Crippen LogP contribution in [0.5, 0.6) is 0 Å². The van der Waals surface area contributed by atoms with Crippen LogP contribution < -0.4 is 5.73 Å². The highest BCUT2D eigenvalue weighted by Gasteiger charge is 2.13. The first-order valence-electron chi connectivity index (χ1n) is 8.64. The molecule has 0 aliphatic heterocycles. The van der Waals surface area contributed by atoms with Gasteiger partial charge < -0.3 is 10.5 Å². The number of carbonyl (C=O) groups is 1. The van der Waals surface area contributed by atoms with Crippen molar-refractivity contribution in [3.8, 4) is 0 Å². The van der Waals surface area contributed by atoms with Crippen molar-refractivity contribution in [2.45, 2.75) is 97.0 Å². The number of rotatable bonds is 14. The number of nitrogens with two attached hydrogens (primary N) is 1. The van der Waals surface area contributed by atoms with E-state index in [1.807, 2.05) is 0 Å². The van der Waals surface area contributed by atoms with Crippen LogP contribution in [0.15, 0.2) is 0 Å². The van der Waals surface area contributed by atoms with Crippen molar-refractivity contribution >= 4 is 5.97 Å². The zero-order chi connectivity index (χ0) is 15.1. The van der Waals surface area contributed by atoms with Crippen LogP contribution in [-0.4, -0.2) is 18.6 Å². The van der Waals surface area contributed by atoms with Crippen molar-refractivity contribution in [2.75, 3.05) is 6.54 Å². The van der Waals surface area contributed by atoms with E-state index in [1.54, 1.807) is 0 Å². The van der Waals surface area contributed by atoms with Gasteiger partial charge in [0.25, 0.3) is 0 Å². The molecule has 0 spiro atoms. The van der Waals surface area contributed by atoms with Crippen LogP contribution in [0.1, 0.15) is 90.9 Å². The number of unbranched alkanes of at least 4 members (excludes halogenated alkanes) is 6. The summed E-state index contributed by atoms with van der Waals surface area (Å²) in [4.78, 5) is 11.7. The average molecular weight is 285 g/mol. The predicted octanol–water partition coefficient (Wildman–Crippen LogP) is 4.58. The molecule has 0 aliphatic carbocycles. The molecule has 3 nitrogen and oxygen atoms in total. The fraction of sp³-hybridized carbons (Fsp3) is 0.941. The third-order valence-corrected chi connectivity index (χ3v) is 3.64. The van der Waals surface area contributed by atoms with E-state index in [0.29, 0.717) is 13.0 Å². The quantitative estimate of drug-likeness (QED) is 0.375. The van der Waals surface area contributed by atoms with E-state index in [-0.39, 0.29) is 12.1 Å². The second-order valence-corrected chi connectivity index (χ2v) is 5.70. The molecule has 0 saturated heterocycles. The van der Waals surface area contributed by atoms with Crippen molar-refractivity contribution in [3.63, 3.8) is 0 Å². The molecule has 3 heteroatoms. The Hall–Kier alpha value is -0.570. The Morgan fingerprint density at radius 2 is 1.45 bits per heavy atom.